The maximum atomic E-state index is 12.0. The molecule has 2 aliphatic rings. The Labute approximate surface area is 130 Å². The van der Waals surface area contributed by atoms with Gasteiger partial charge in [-0.25, -0.2) is 0 Å². The van der Waals surface area contributed by atoms with E-state index in [-0.39, 0.29) is 11.7 Å². The Hall–Kier alpha value is -1.88. The minimum atomic E-state index is 0.148. The first kappa shape index (κ1) is 15.0. The van der Waals surface area contributed by atoms with Crippen molar-refractivity contribution in [3.63, 3.8) is 0 Å². The zero-order chi connectivity index (χ0) is 15.5. The Morgan fingerprint density at radius 1 is 1.36 bits per heavy atom. The average molecular weight is 303 g/mol. The third kappa shape index (κ3) is 3.14. The summed E-state index contributed by atoms with van der Waals surface area (Å²) in [6, 6.07) is 5.79. The third-order valence-corrected chi connectivity index (χ3v) is 4.32. The summed E-state index contributed by atoms with van der Waals surface area (Å²) in [6.07, 6.45) is 1.87. The van der Waals surface area contributed by atoms with Crippen LogP contribution in [0, 0.1) is 5.92 Å². The summed E-state index contributed by atoms with van der Waals surface area (Å²) in [4.78, 5) is 25.6. The van der Waals surface area contributed by atoms with Crippen LogP contribution in [0.15, 0.2) is 18.2 Å². The molecule has 5 nitrogen and oxygen atoms in total. The van der Waals surface area contributed by atoms with E-state index < -0.39 is 0 Å². The lowest BCUT2D eigenvalue weighted by atomic mass is 9.95. The Bertz CT molecular complexity index is 584. The molecule has 1 amide bonds. The molecule has 5 heteroatoms. The van der Waals surface area contributed by atoms with Gasteiger partial charge in [0.05, 0.1) is 18.8 Å². The molecule has 2 heterocycles. The van der Waals surface area contributed by atoms with Crippen molar-refractivity contribution in [1.82, 2.24) is 4.90 Å². The fourth-order valence-corrected chi connectivity index (χ4v) is 3.17. The molecule has 3 rings (SSSR count). The van der Waals surface area contributed by atoms with Crippen LogP contribution in [0.3, 0.4) is 0 Å². The summed E-state index contributed by atoms with van der Waals surface area (Å²) in [5, 5.41) is 0. The molecular formula is C17H21NO4. The minimum Gasteiger partial charge on any atom is -0.492 e. The van der Waals surface area contributed by atoms with Crippen LogP contribution < -0.4 is 4.74 Å². The number of Topliss-reactive ketones (excluding diaryl/α,β-unsaturated/α-hetero) is 1. The number of ketones is 1. The molecule has 2 aliphatic heterocycles. The van der Waals surface area contributed by atoms with Crippen molar-refractivity contribution in [2.45, 2.75) is 19.3 Å². The Morgan fingerprint density at radius 2 is 2.23 bits per heavy atom. The SMILES string of the molecule is COCCN1CC(Cc2ccc3c(c2)OCCC3=O)CC1=O. The zero-order valence-corrected chi connectivity index (χ0v) is 12.8. The van der Waals surface area contributed by atoms with E-state index in [2.05, 4.69) is 0 Å². The molecule has 1 aromatic carbocycles. The summed E-state index contributed by atoms with van der Waals surface area (Å²) in [5.41, 5.74) is 1.80. The van der Waals surface area contributed by atoms with E-state index in [0.717, 1.165) is 18.5 Å². The van der Waals surface area contributed by atoms with E-state index >= 15 is 0 Å². The van der Waals surface area contributed by atoms with Crippen LogP contribution in [-0.2, 0) is 16.0 Å². The molecule has 0 aliphatic carbocycles. The maximum Gasteiger partial charge on any atom is 0.223 e. The largest absolute Gasteiger partial charge is 0.492 e. The molecule has 1 atom stereocenters. The number of carbonyl (C=O) groups excluding carboxylic acids is 2. The lowest BCUT2D eigenvalue weighted by Crippen LogP contribution is -2.28. The number of amides is 1. The van der Waals surface area contributed by atoms with E-state index in [4.69, 9.17) is 9.47 Å². The van der Waals surface area contributed by atoms with Crippen LogP contribution in [0.5, 0.6) is 5.75 Å². The van der Waals surface area contributed by atoms with Gasteiger partial charge in [-0.05, 0) is 30.0 Å². The number of nitrogens with zero attached hydrogens (tertiary/aromatic N) is 1. The van der Waals surface area contributed by atoms with Gasteiger partial charge in [0.2, 0.25) is 5.91 Å². The molecule has 0 N–H and O–H groups in total. The smallest absolute Gasteiger partial charge is 0.223 e. The van der Waals surface area contributed by atoms with E-state index in [1.165, 1.54) is 0 Å². The number of fused-ring (bicyclic) bond motifs is 1. The lowest BCUT2D eigenvalue weighted by Gasteiger charge is -2.18. The fourth-order valence-electron chi connectivity index (χ4n) is 3.17. The van der Waals surface area contributed by atoms with Gasteiger partial charge in [-0.15, -0.1) is 0 Å². The van der Waals surface area contributed by atoms with E-state index in [0.29, 0.717) is 49.8 Å². The number of ether oxygens (including phenoxy) is 2. The molecule has 1 saturated heterocycles. The molecule has 1 aromatic rings. The van der Waals surface area contributed by atoms with Gasteiger partial charge in [0.1, 0.15) is 5.75 Å². The van der Waals surface area contributed by atoms with Crippen molar-refractivity contribution in [2.24, 2.45) is 5.92 Å². The minimum absolute atomic E-state index is 0.148. The average Bonchev–Trinajstić information content (AvgIpc) is 2.85. The number of benzene rings is 1. The topological polar surface area (TPSA) is 55.8 Å². The second-order valence-electron chi connectivity index (χ2n) is 5.96. The van der Waals surface area contributed by atoms with Crippen LogP contribution in [0.1, 0.15) is 28.8 Å². The van der Waals surface area contributed by atoms with Gasteiger partial charge in [-0.2, -0.15) is 0 Å². The number of carbonyl (C=O) groups is 2. The highest BCUT2D eigenvalue weighted by Gasteiger charge is 2.29. The van der Waals surface area contributed by atoms with Crippen LogP contribution in [0.25, 0.3) is 0 Å². The van der Waals surface area contributed by atoms with Crippen molar-refractivity contribution >= 4 is 11.7 Å². The van der Waals surface area contributed by atoms with Crippen molar-refractivity contribution < 1.29 is 19.1 Å². The fraction of sp³-hybridized carbons (Fsp3) is 0.529. The molecule has 0 saturated carbocycles. The summed E-state index contributed by atoms with van der Waals surface area (Å²) >= 11 is 0. The van der Waals surface area contributed by atoms with E-state index in [1.54, 1.807) is 7.11 Å². The van der Waals surface area contributed by atoms with Gasteiger partial charge < -0.3 is 14.4 Å². The van der Waals surface area contributed by atoms with Gasteiger partial charge in [0.25, 0.3) is 0 Å². The molecule has 0 bridgehead atoms. The van der Waals surface area contributed by atoms with Gasteiger partial charge in [0.15, 0.2) is 5.78 Å². The normalized spacial score (nSPS) is 21.0. The quantitative estimate of drug-likeness (QED) is 0.830. The number of methoxy groups -OCH3 is 1. The lowest BCUT2D eigenvalue weighted by molar-refractivity contribution is -0.128. The monoisotopic (exact) mass is 303 g/mol. The highest BCUT2D eigenvalue weighted by Crippen LogP contribution is 2.28. The van der Waals surface area contributed by atoms with Gasteiger partial charge in [-0.3, -0.25) is 9.59 Å². The summed E-state index contributed by atoms with van der Waals surface area (Å²) in [5.74, 6) is 1.36. The predicted octanol–water partition coefficient (Wildman–Crippen LogP) is 1.69. The summed E-state index contributed by atoms with van der Waals surface area (Å²) in [7, 11) is 1.65. The Kier molecular flexibility index (Phi) is 4.43. The highest BCUT2D eigenvalue weighted by atomic mass is 16.5. The van der Waals surface area contributed by atoms with Crippen molar-refractivity contribution in [3.05, 3.63) is 29.3 Å². The molecule has 0 radical (unpaired) electrons. The Balaban J connectivity index is 1.64. The zero-order valence-electron chi connectivity index (χ0n) is 12.8. The number of hydrogen-bond donors (Lipinski definition) is 0. The summed E-state index contributed by atoms with van der Waals surface area (Å²) < 4.78 is 10.6. The molecule has 0 aromatic heterocycles. The number of likely N-dealkylation sites (tertiary alicyclic amines) is 1. The third-order valence-electron chi connectivity index (χ3n) is 4.32. The van der Waals surface area contributed by atoms with E-state index in [9.17, 15) is 9.59 Å². The van der Waals surface area contributed by atoms with Crippen molar-refractivity contribution in [1.29, 1.82) is 0 Å². The van der Waals surface area contributed by atoms with Crippen LogP contribution in [0.4, 0.5) is 0 Å². The van der Waals surface area contributed by atoms with Gasteiger partial charge >= 0.3 is 0 Å². The summed E-state index contributed by atoms with van der Waals surface area (Å²) in [6.45, 7) is 2.47. The molecule has 0 spiro atoms. The van der Waals surface area contributed by atoms with Crippen molar-refractivity contribution in [2.75, 3.05) is 33.4 Å². The molecular weight excluding hydrogens is 282 g/mol. The second kappa shape index (κ2) is 6.48. The first-order valence-corrected chi connectivity index (χ1v) is 7.73. The van der Waals surface area contributed by atoms with Gasteiger partial charge in [0, 0.05) is 33.0 Å². The van der Waals surface area contributed by atoms with Crippen LogP contribution >= 0.6 is 0 Å². The Morgan fingerprint density at radius 3 is 3.05 bits per heavy atom. The van der Waals surface area contributed by atoms with E-state index in [1.807, 2.05) is 23.1 Å². The molecule has 1 unspecified atom stereocenters. The highest BCUT2D eigenvalue weighted by molar-refractivity contribution is 5.99. The van der Waals surface area contributed by atoms with Crippen molar-refractivity contribution in [3.8, 4) is 5.75 Å². The number of rotatable bonds is 5. The standard InChI is InChI=1S/C17H21NO4/c1-21-7-5-18-11-13(10-17(18)20)8-12-2-3-14-15(19)4-6-22-16(14)9-12/h2-3,9,13H,4-8,10-11H2,1H3. The van der Waals surface area contributed by atoms with Crippen LogP contribution in [-0.4, -0.2) is 50.0 Å². The number of hydrogen-bond acceptors (Lipinski definition) is 4. The molecule has 1 fully saturated rings. The first-order chi connectivity index (χ1) is 10.7. The van der Waals surface area contributed by atoms with Crippen LogP contribution in [0.2, 0.25) is 0 Å². The predicted molar refractivity (Wildman–Crippen MR) is 81.2 cm³/mol. The maximum absolute atomic E-state index is 12.0. The van der Waals surface area contributed by atoms with Gasteiger partial charge in [-0.1, -0.05) is 6.07 Å². The molecule has 118 valence electrons. The first-order valence-electron chi connectivity index (χ1n) is 7.73. The second-order valence-corrected chi connectivity index (χ2v) is 5.96. The molecule has 22 heavy (non-hydrogen) atoms.